The minimum absolute atomic E-state index is 0.0949. The van der Waals surface area contributed by atoms with E-state index in [0.29, 0.717) is 5.75 Å². The number of nitrogens with zero attached hydrogens (tertiary/aromatic N) is 3. The van der Waals surface area contributed by atoms with Gasteiger partial charge in [0.25, 0.3) is 11.8 Å². The molecule has 3 atom stereocenters. The molecule has 0 saturated carbocycles. The summed E-state index contributed by atoms with van der Waals surface area (Å²) in [5, 5.41) is 7.74. The molecule has 1 saturated heterocycles. The van der Waals surface area contributed by atoms with Gasteiger partial charge in [0.15, 0.2) is 10.8 Å². The van der Waals surface area contributed by atoms with Crippen LogP contribution in [0.15, 0.2) is 35.0 Å². The van der Waals surface area contributed by atoms with Crippen LogP contribution in [0.2, 0.25) is 0 Å². The molecule has 2 aliphatic heterocycles. The molecule has 12 heteroatoms. The average molecular weight is 438 g/mol. The molecule has 0 radical (unpaired) electrons. The molecule has 1 aromatic heterocycles. The minimum atomic E-state index is -0.820. The third-order valence-electron chi connectivity index (χ3n) is 4.13. The number of amides is 2. The summed E-state index contributed by atoms with van der Waals surface area (Å²) in [6.45, 7) is 5.23. The fourth-order valence-corrected chi connectivity index (χ4v) is 4.45. The lowest BCUT2D eigenvalue weighted by Crippen LogP contribution is -2.70. The van der Waals surface area contributed by atoms with E-state index in [4.69, 9.17) is 15.3 Å². The summed E-state index contributed by atoms with van der Waals surface area (Å²) in [4.78, 5) is 47.7. The number of hydrogen-bond acceptors (Lipinski definition) is 10. The van der Waals surface area contributed by atoms with E-state index in [-0.39, 0.29) is 22.2 Å². The number of nitrogen functional groups attached to an aromatic ring is 1. The van der Waals surface area contributed by atoms with Gasteiger partial charge in [-0.05, 0) is 13.0 Å². The van der Waals surface area contributed by atoms with Crippen molar-refractivity contribution in [3.05, 3.63) is 35.5 Å². The standard InChI is InChI=1S/C17H19N5O5S2/c1-4-8(2)27-16(25)10-5-6-28-15-12(14(24)22(10)15)20-13(23)11(21-26-3)9-7-29-17(18)19-9/h4-5,7-8,12,15H,1,6H2,2-3H3,(H2,18,19)(H,20,23)/t8?,12?,15-/m1/s1. The predicted molar refractivity (Wildman–Crippen MR) is 109 cm³/mol. The Balaban J connectivity index is 1.71. The number of anilines is 1. The van der Waals surface area contributed by atoms with Crippen molar-refractivity contribution in [3.8, 4) is 0 Å². The molecule has 0 spiro atoms. The van der Waals surface area contributed by atoms with Crippen LogP contribution in [0.5, 0.6) is 0 Å². The van der Waals surface area contributed by atoms with Crippen molar-refractivity contribution in [1.29, 1.82) is 0 Å². The summed E-state index contributed by atoms with van der Waals surface area (Å²) in [5.74, 6) is -1.16. The maximum atomic E-state index is 12.7. The number of thiazole rings is 1. The smallest absolute Gasteiger partial charge is 0.355 e. The average Bonchev–Trinajstić information content (AvgIpc) is 3.14. The number of esters is 1. The topological polar surface area (TPSA) is 136 Å². The SMILES string of the molecule is C=CC(C)OC(=O)C1=CCS[C@@H]2C(NC(=O)C(=NOC)c3csc(N)n3)C(=O)N12. The van der Waals surface area contributed by atoms with Crippen LogP contribution in [-0.2, 0) is 24.0 Å². The van der Waals surface area contributed by atoms with E-state index in [0.717, 1.165) is 11.3 Å². The Labute approximate surface area is 174 Å². The molecule has 2 aliphatic rings. The van der Waals surface area contributed by atoms with Gasteiger partial charge in [-0.3, -0.25) is 14.5 Å². The van der Waals surface area contributed by atoms with Gasteiger partial charge in [0, 0.05) is 11.1 Å². The molecule has 1 fully saturated rings. The molecular weight excluding hydrogens is 418 g/mol. The zero-order valence-electron chi connectivity index (χ0n) is 15.7. The highest BCUT2D eigenvalue weighted by atomic mass is 32.2. The van der Waals surface area contributed by atoms with E-state index in [2.05, 4.69) is 22.0 Å². The second kappa shape index (κ2) is 8.66. The molecule has 3 heterocycles. The number of oxime groups is 1. The number of carbonyl (C=O) groups excluding carboxylic acids is 3. The quantitative estimate of drug-likeness (QED) is 0.207. The number of hydrogen-bond donors (Lipinski definition) is 2. The molecule has 0 aromatic carbocycles. The Morgan fingerprint density at radius 2 is 2.31 bits per heavy atom. The number of ether oxygens (including phenoxy) is 1. The van der Waals surface area contributed by atoms with Crippen LogP contribution in [0.4, 0.5) is 5.13 Å². The van der Waals surface area contributed by atoms with E-state index >= 15 is 0 Å². The molecule has 1 aromatic rings. The van der Waals surface area contributed by atoms with E-state index in [1.807, 2.05) is 0 Å². The monoisotopic (exact) mass is 437 g/mol. The van der Waals surface area contributed by atoms with Crippen molar-refractivity contribution in [2.45, 2.75) is 24.4 Å². The Morgan fingerprint density at radius 1 is 1.55 bits per heavy atom. The first-order valence-corrected chi connectivity index (χ1v) is 10.4. The van der Waals surface area contributed by atoms with Crippen molar-refractivity contribution in [1.82, 2.24) is 15.2 Å². The summed E-state index contributed by atoms with van der Waals surface area (Å²) in [6.07, 6.45) is 2.63. The number of nitrogens with one attached hydrogen (secondary N) is 1. The second-order valence-corrected chi connectivity index (χ2v) is 8.05. The maximum absolute atomic E-state index is 12.7. The normalized spacial score (nSPS) is 22.0. The maximum Gasteiger partial charge on any atom is 0.355 e. The summed E-state index contributed by atoms with van der Waals surface area (Å²) < 4.78 is 5.22. The minimum Gasteiger partial charge on any atom is -0.454 e. The lowest BCUT2D eigenvalue weighted by Gasteiger charge is -2.48. The Morgan fingerprint density at radius 3 is 2.93 bits per heavy atom. The molecule has 154 valence electrons. The summed E-state index contributed by atoms with van der Waals surface area (Å²) >= 11 is 2.57. The number of fused-ring (bicyclic) bond motifs is 1. The second-order valence-electron chi connectivity index (χ2n) is 6.01. The third-order valence-corrected chi connectivity index (χ3v) is 5.99. The number of β-lactam (4-membered cyclic amide) rings is 1. The lowest BCUT2D eigenvalue weighted by atomic mass is 10.0. The molecule has 10 nitrogen and oxygen atoms in total. The van der Waals surface area contributed by atoms with E-state index in [9.17, 15) is 14.4 Å². The van der Waals surface area contributed by atoms with Gasteiger partial charge in [0.05, 0.1) is 0 Å². The van der Waals surface area contributed by atoms with E-state index in [1.54, 1.807) is 18.4 Å². The lowest BCUT2D eigenvalue weighted by molar-refractivity contribution is -0.153. The number of nitrogens with two attached hydrogens (primary N) is 1. The molecule has 0 bridgehead atoms. The van der Waals surface area contributed by atoms with Crippen molar-refractivity contribution in [2.24, 2.45) is 5.16 Å². The fraction of sp³-hybridized carbons (Fsp3) is 0.353. The summed E-state index contributed by atoms with van der Waals surface area (Å²) in [7, 11) is 1.29. The van der Waals surface area contributed by atoms with Crippen LogP contribution in [0.3, 0.4) is 0 Å². The Kier molecular flexibility index (Phi) is 6.23. The van der Waals surface area contributed by atoms with Crippen LogP contribution in [-0.4, -0.2) is 63.8 Å². The van der Waals surface area contributed by atoms with Gasteiger partial charge < -0.3 is 20.6 Å². The van der Waals surface area contributed by atoms with Gasteiger partial charge in [-0.25, -0.2) is 9.78 Å². The fourth-order valence-electron chi connectivity index (χ4n) is 2.71. The summed E-state index contributed by atoms with van der Waals surface area (Å²) in [5.41, 5.74) is 5.92. The molecule has 3 N–H and O–H groups in total. The highest BCUT2D eigenvalue weighted by Gasteiger charge is 2.53. The number of thioether (sulfide) groups is 1. The highest BCUT2D eigenvalue weighted by Crippen LogP contribution is 2.38. The van der Waals surface area contributed by atoms with Crippen LogP contribution in [0.25, 0.3) is 0 Å². The number of aromatic nitrogens is 1. The van der Waals surface area contributed by atoms with Gasteiger partial charge in [-0.1, -0.05) is 17.8 Å². The van der Waals surface area contributed by atoms with Crippen molar-refractivity contribution in [2.75, 3.05) is 18.6 Å². The zero-order valence-corrected chi connectivity index (χ0v) is 17.3. The van der Waals surface area contributed by atoms with E-state index in [1.165, 1.54) is 29.8 Å². The van der Waals surface area contributed by atoms with Crippen LogP contribution in [0.1, 0.15) is 12.6 Å². The van der Waals surface area contributed by atoms with Crippen LogP contribution in [0, 0.1) is 0 Å². The van der Waals surface area contributed by atoms with Gasteiger partial charge >= 0.3 is 5.97 Å². The molecular formula is C17H19N5O5S2. The number of carbonyl (C=O) groups is 3. The first-order valence-electron chi connectivity index (χ1n) is 8.49. The molecule has 3 rings (SSSR count). The van der Waals surface area contributed by atoms with Crippen LogP contribution < -0.4 is 11.1 Å². The van der Waals surface area contributed by atoms with Gasteiger partial charge in [0.1, 0.15) is 36.0 Å². The molecule has 29 heavy (non-hydrogen) atoms. The number of rotatable bonds is 7. The van der Waals surface area contributed by atoms with Crippen molar-refractivity contribution in [3.63, 3.8) is 0 Å². The Hall–Kier alpha value is -2.86. The van der Waals surface area contributed by atoms with Crippen molar-refractivity contribution >= 4 is 51.7 Å². The van der Waals surface area contributed by atoms with Gasteiger partial charge in [-0.15, -0.1) is 23.1 Å². The molecule has 2 amide bonds. The predicted octanol–water partition coefficient (Wildman–Crippen LogP) is 0.477. The third kappa shape index (κ3) is 4.12. The largest absolute Gasteiger partial charge is 0.454 e. The zero-order chi connectivity index (χ0) is 21.1. The van der Waals surface area contributed by atoms with Gasteiger partial charge in [0.2, 0.25) is 0 Å². The molecule has 2 unspecified atom stereocenters. The first-order chi connectivity index (χ1) is 13.9. The highest BCUT2D eigenvalue weighted by molar-refractivity contribution is 8.00. The van der Waals surface area contributed by atoms with Crippen molar-refractivity contribution < 1.29 is 24.0 Å². The van der Waals surface area contributed by atoms with Crippen LogP contribution >= 0.6 is 23.1 Å². The Bertz CT molecular complexity index is 912. The first kappa shape index (κ1) is 20.9. The summed E-state index contributed by atoms with van der Waals surface area (Å²) in [6, 6.07) is -0.820. The van der Waals surface area contributed by atoms with E-state index < -0.39 is 35.3 Å². The molecule has 0 aliphatic carbocycles. The van der Waals surface area contributed by atoms with Gasteiger partial charge in [-0.2, -0.15) is 0 Å².